The van der Waals surface area contributed by atoms with Gasteiger partial charge in [0.15, 0.2) is 9.84 Å². The molecule has 0 atom stereocenters. The maximum Gasteiger partial charge on any atom is 0.338 e. The lowest BCUT2D eigenvalue weighted by molar-refractivity contribution is 0.0378. The van der Waals surface area contributed by atoms with E-state index < -0.39 is 15.8 Å². The summed E-state index contributed by atoms with van der Waals surface area (Å²) in [5.41, 5.74) is 0.841. The topological polar surface area (TPSA) is 84.2 Å². The average Bonchev–Trinajstić information content (AvgIpc) is 2.35. The summed E-state index contributed by atoms with van der Waals surface area (Å²) in [5.74, 6) is -0.835. The van der Waals surface area contributed by atoms with Crippen molar-refractivity contribution in [2.45, 2.75) is 32.1 Å². The van der Waals surface area contributed by atoms with Gasteiger partial charge in [0.25, 0.3) is 0 Å². The monoisotopic (exact) mass is 295 g/mol. The van der Waals surface area contributed by atoms with Crippen molar-refractivity contribution in [3.8, 4) is 6.07 Å². The lowest BCUT2D eigenvalue weighted by atomic mass is 10.1. The van der Waals surface area contributed by atoms with E-state index in [-0.39, 0.29) is 24.0 Å². The van der Waals surface area contributed by atoms with Gasteiger partial charge in [-0.1, -0.05) is 12.1 Å². The van der Waals surface area contributed by atoms with E-state index in [0.29, 0.717) is 11.1 Å². The highest BCUT2D eigenvalue weighted by Gasteiger charge is 2.14. The normalized spacial score (nSPS) is 11.1. The van der Waals surface area contributed by atoms with Crippen LogP contribution in [0.25, 0.3) is 0 Å². The largest absolute Gasteiger partial charge is 0.459 e. The van der Waals surface area contributed by atoms with E-state index in [0.717, 1.165) is 0 Å². The fourth-order valence-electron chi connectivity index (χ4n) is 1.60. The molecule has 0 saturated heterocycles. The van der Waals surface area contributed by atoms with Gasteiger partial charge < -0.3 is 4.74 Å². The average molecular weight is 295 g/mol. The minimum atomic E-state index is -3.34. The van der Waals surface area contributed by atoms with E-state index in [1.807, 2.05) is 6.07 Å². The van der Waals surface area contributed by atoms with E-state index >= 15 is 0 Å². The van der Waals surface area contributed by atoms with Gasteiger partial charge in [-0.15, -0.1) is 0 Å². The minimum absolute atomic E-state index is 0.0303. The molecule has 0 N–H and O–H groups in total. The Hall–Kier alpha value is -1.87. The molecular formula is C14H17NO4S. The van der Waals surface area contributed by atoms with Crippen LogP contribution in [-0.2, 0) is 20.3 Å². The van der Waals surface area contributed by atoms with Crippen molar-refractivity contribution in [1.82, 2.24) is 0 Å². The smallest absolute Gasteiger partial charge is 0.338 e. The highest BCUT2D eigenvalue weighted by atomic mass is 32.2. The third-order valence-electron chi connectivity index (χ3n) is 2.42. The van der Waals surface area contributed by atoms with Gasteiger partial charge in [-0.25, -0.2) is 13.2 Å². The summed E-state index contributed by atoms with van der Waals surface area (Å²) in [6, 6.07) is 8.15. The molecule has 0 bridgehead atoms. The quantitative estimate of drug-likeness (QED) is 0.750. The van der Waals surface area contributed by atoms with Crippen LogP contribution < -0.4 is 0 Å². The van der Waals surface area contributed by atoms with Crippen molar-refractivity contribution in [3.63, 3.8) is 0 Å². The number of hydrogen-bond donors (Lipinski definition) is 0. The summed E-state index contributed by atoms with van der Waals surface area (Å²) in [6.45, 7) is 3.49. The first-order chi connectivity index (χ1) is 9.34. The van der Waals surface area contributed by atoms with E-state index in [9.17, 15) is 13.2 Å². The van der Waals surface area contributed by atoms with Gasteiger partial charge in [0.2, 0.25) is 0 Å². The zero-order valence-corrected chi connectivity index (χ0v) is 12.3. The van der Waals surface area contributed by atoms with Crippen molar-refractivity contribution in [2.75, 3.05) is 5.75 Å². The molecule has 0 fully saturated rings. The Morgan fingerprint density at radius 3 is 2.70 bits per heavy atom. The molecular weight excluding hydrogens is 278 g/mol. The molecule has 6 heteroatoms. The highest BCUT2D eigenvalue weighted by Crippen LogP contribution is 2.12. The van der Waals surface area contributed by atoms with Crippen LogP contribution in [0.3, 0.4) is 0 Å². The number of hydrogen-bond acceptors (Lipinski definition) is 5. The summed E-state index contributed by atoms with van der Waals surface area (Å²) >= 11 is 0. The number of sulfone groups is 1. The Kier molecular flexibility index (Phi) is 5.71. The molecule has 0 heterocycles. The Labute approximate surface area is 119 Å². The standard InChI is InChI=1S/C14H17NO4S/c1-11(2)19-14(16)13-6-3-5-12(9-13)10-20(17,18)8-4-7-15/h3,5-6,9,11H,4,8,10H2,1-2H3. The predicted octanol–water partition coefficient (Wildman–Crippen LogP) is 2.08. The number of ether oxygens (including phenoxy) is 1. The summed E-state index contributed by atoms with van der Waals surface area (Å²) in [5, 5.41) is 8.42. The molecule has 1 rings (SSSR count). The second kappa shape index (κ2) is 7.06. The van der Waals surface area contributed by atoms with Crippen molar-refractivity contribution < 1.29 is 17.9 Å². The van der Waals surface area contributed by atoms with Crippen LogP contribution in [0.15, 0.2) is 24.3 Å². The summed E-state index contributed by atoms with van der Waals surface area (Å²) < 4.78 is 28.6. The van der Waals surface area contributed by atoms with Gasteiger partial charge in [0, 0.05) is 6.42 Å². The van der Waals surface area contributed by atoms with Crippen LogP contribution in [0.5, 0.6) is 0 Å². The number of benzene rings is 1. The van der Waals surface area contributed by atoms with Gasteiger partial charge in [-0.2, -0.15) is 5.26 Å². The lowest BCUT2D eigenvalue weighted by Gasteiger charge is -2.09. The highest BCUT2D eigenvalue weighted by molar-refractivity contribution is 7.90. The number of esters is 1. The van der Waals surface area contributed by atoms with Crippen LogP contribution in [-0.4, -0.2) is 26.2 Å². The molecule has 0 radical (unpaired) electrons. The number of carbonyl (C=O) groups excluding carboxylic acids is 1. The Balaban J connectivity index is 2.84. The Morgan fingerprint density at radius 2 is 2.10 bits per heavy atom. The van der Waals surface area contributed by atoms with Gasteiger partial charge in [0.05, 0.1) is 29.2 Å². The van der Waals surface area contributed by atoms with Crippen molar-refractivity contribution >= 4 is 15.8 Å². The first kappa shape index (κ1) is 16.2. The second-order valence-corrected chi connectivity index (χ2v) is 6.84. The fraction of sp³-hybridized carbons (Fsp3) is 0.429. The van der Waals surface area contributed by atoms with Crippen molar-refractivity contribution in [3.05, 3.63) is 35.4 Å². The molecule has 0 unspecified atom stereocenters. The Morgan fingerprint density at radius 1 is 1.40 bits per heavy atom. The Bertz CT molecular complexity index is 614. The van der Waals surface area contributed by atoms with E-state index in [2.05, 4.69) is 0 Å². The molecule has 0 aliphatic carbocycles. The maximum absolute atomic E-state index is 11.8. The van der Waals surface area contributed by atoms with E-state index in [1.165, 1.54) is 6.07 Å². The molecule has 5 nitrogen and oxygen atoms in total. The fourth-order valence-corrected chi connectivity index (χ4v) is 2.83. The van der Waals surface area contributed by atoms with Crippen LogP contribution in [0, 0.1) is 11.3 Å². The maximum atomic E-state index is 11.8. The molecule has 0 aliphatic heterocycles. The summed E-state index contributed by atoms with van der Waals surface area (Å²) in [4.78, 5) is 11.7. The van der Waals surface area contributed by atoms with Crippen LogP contribution >= 0.6 is 0 Å². The van der Waals surface area contributed by atoms with E-state index in [4.69, 9.17) is 10.00 Å². The lowest BCUT2D eigenvalue weighted by Crippen LogP contribution is -2.13. The van der Waals surface area contributed by atoms with Gasteiger partial charge in [-0.3, -0.25) is 0 Å². The molecule has 0 aromatic heterocycles. The van der Waals surface area contributed by atoms with Crippen LogP contribution in [0.1, 0.15) is 36.2 Å². The van der Waals surface area contributed by atoms with Gasteiger partial charge in [-0.05, 0) is 31.5 Å². The SMILES string of the molecule is CC(C)OC(=O)c1cccc(CS(=O)(=O)CCC#N)c1. The third kappa shape index (κ3) is 5.41. The summed E-state index contributed by atoms with van der Waals surface area (Å²) in [6.07, 6.45) is -0.261. The van der Waals surface area contributed by atoms with Crippen molar-refractivity contribution in [2.24, 2.45) is 0 Å². The molecule has 1 aromatic carbocycles. The van der Waals surface area contributed by atoms with Gasteiger partial charge in [0.1, 0.15) is 0 Å². The molecule has 1 aromatic rings. The molecule has 0 aliphatic rings. The molecule has 20 heavy (non-hydrogen) atoms. The molecule has 108 valence electrons. The van der Waals surface area contributed by atoms with Gasteiger partial charge >= 0.3 is 5.97 Å². The minimum Gasteiger partial charge on any atom is -0.459 e. The number of rotatable bonds is 6. The summed E-state index contributed by atoms with van der Waals surface area (Å²) in [7, 11) is -3.34. The first-order valence-electron chi connectivity index (χ1n) is 6.21. The molecule has 0 amide bonds. The number of carbonyl (C=O) groups is 1. The predicted molar refractivity (Wildman–Crippen MR) is 74.7 cm³/mol. The second-order valence-electron chi connectivity index (χ2n) is 4.65. The zero-order valence-electron chi connectivity index (χ0n) is 11.5. The van der Waals surface area contributed by atoms with Crippen molar-refractivity contribution in [1.29, 1.82) is 5.26 Å². The first-order valence-corrected chi connectivity index (χ1v) is 8.03. The number of nitrogens with zero attached hydrogens (tertiary/aromatic N) is 1. The third-order valence-corrected chi connectivity index (χ3v) is 4.02. The zero-order chi connectivity index (χ0) is 15.2. The van der Waals surface area contributed by atoms with Crippen LogP contribution in [0.2, 0.25) is 0 Å². The van der Waals surface area contributed by atoms with E-state index in [1.54, 1.807) is 32.0 Å². The number of nitriles is 1. The molecule has 0 saturated carbocycles. The molecule has 0 spiro atoms. The van der Waals surface area contributed by atoms with Crippen LogP contribution in [0.4, 0.5) is 0 Å².